The van der Waals surface area contributed by atoms with E-state index in [4.69, 9.17) is 4.74 Å². The molecule has 0 spiro atoms. The number of para-hydroxylation sites is 1. The molecule has 1 N–H and O–H groups in total. The van der Waals surface area contributed by atoms with Gasteiger partial charge in [0, 0.05) is 36.3 Å². The largest absolute Gasteiger partial charge is 0.444 e. The lowest BCUT2D eigenvalue weighted by atomic mass is 10.1. The Balaban J connectivity index is 1.50. The molecule has 0 radical (unpaired) electrons. The number of ether oxygens (including phenoxy) is 1. The first-order chi connectivity index (χ1) is 19.1. The second-order valence-corrected chi connectivity index (χ2v) is 12.5. The van der Waals surface area contributed by atoms with Crippen molar-refractivity contribution in [1.29, 1.82) is 5.26 Å². The molecular formula is C29H30N6O4S. The number of carbonyl (C=O) groups is 1. The van der Waals surface area contributed by atoms with Crippen molar-refractivity contribution < 1.29 is 17.9 Å². The number of aromatic nitrogens is 3. The summed E-state index contributed by atoms with van der Waals surface area (Å²) < 4.78 is 33.9. The van der Waals surface area contributed by atoms with Crippen molar-refractivity contribution >= 4 is 33.0 Å². The van der Waals surface area contributed by atoms with Crippen molar-refractivity contribution in [2.45, 2.75) is 50.2 Å². The highest BCUT2D eigenvalue weighted by molar-refractivity contribution is 7.90. The van der Waals surface area contributed by atoms with E-state index in [0.717, 1.165) is 12.8 Å². The first-order valence-corrected chi connectivity index (χ1v) is 14.4. The molecule has 1 aliphatic rings. The predicted octanol–water partition coefficient (Wildman–Crippen LogP) is 5.02. The van der Waals surface area contributed by atoms with Gasteiger partial charge >= 0.3 is 6.09 Å². The Morgan fingerprint density at radius 1 is 1.12 bits per heavy atom. The number of nitrogens with one attached hydrogen (secondary N) is 1. The molecule has 2 aromatic heterocycles. The first kappa shape index (κ1) is 27.1. The second-order valence-electron chi connectivity index (χ2n) is 10.7. The van der Waals surface area contributed by atoms with Crippen LogP contribution in [0.2, 0.25) is 0 Å². The van der Waals surface area contributed by atoms with Crippen molar-refractivity contribution in [3.63, 3.8) is 0 Å². The molecule has 40 heavy (non-hydrogen) atoms. The van der Waals surface area contributed by atoms with Crippen LogP contribution in [0.15, 0.2) is 71.9 Å². The van der Waals surface area contributed by atoms with Gasteiger partial charge in [-0.05, 0) is 51.8 Å². The summed E-state index contributed by atoms with van der Waals surface area (Å²) in [6.07, 6.45) is 4.15. The Kier molecular flexibility index (Phi) is 7.21. The van der Waals surface area contributed by atoms with Crippen molar-refractivity contribution in [2.24, 2.45) is 0 Å². The summed E-state index contributed by atoms with van der Waals surface area (Å²) in [6.45, 7) is 6.51. The average molecular weight is 559 g/mol. The molecule has 5 rings (SSSR count). The number of hydrogen-bond donors (Lipinski definition) is 1. The van der Waals surface area contributed by atoms with Crippen molar-refractivity contribution in [3.8, 4) is 17.3 Å². The van der Waals surface area contributed by atoms with E-state index in [2.05, 4.69) is 21.4 Å². The van der Waals surface area contributed by atoms with Crippen LogP contribution in [0.5, 0.6) is 0 Å². The van der Waals surface area contributed by atoms with Gasteiger partial charge in [-0.3, -0.25) is 0 Å². The molecule has 3 heterocycles. The zero-order valence-electron chi connectivity index (χ0n) is 22.5. The molecule has 0 aliphatic carbocycles. The Hall–Kier alpha value is -4.43. The Labute approximate surface area is 233 Å². The van der Waals surface area contributed by atoms with E-state index >= 15 is 0 Å². The smallest absolute Gasteiger partial charge is 0.410 e. The SMILES string of the molecule is CC(C)(C)OC(=O)N1CCC[C@H](Nc2ncc(C#N)c(-c3cn(S(=O)(=O)c4ccccc4)c4ccccc34)n2)C1. The minimum absolute atomic E-state index is 0.123. The van der Waals surface area contributed by atoms with Gasteiger partial charge < -0.3 is 15.0 Å². The number of piperidine rings is 1. The molecule has 0 unspecified atom stereocenters. The number of benzene rings is 2. The molecule has 1 aliphatic heterocycles. The quantitative estimate of drug-likeness (QED) is 0.361. The van der Waals surface area contributed by atoms with Gasteiger partial charge in [-0.15, -0.1) is 0 Å². The number of amides is 1. The number of fused-ring (bicyclic) bond motifs is 1. The fourth-order valence-electron chi connectivity index (χ4n) is 4.75. The number of anilines is 1. The van der Waals surface area contributed by atoms with E-state index in [1.54, 1.807) is 53.4 Å². The van der Waals surface area contributed by atoms with E-state index < -0.39 is 15.6 Å². The van der Waals surface area contributed by atoms with E-state index in [9.17, 15) is 18.5 Å². The summed E-state index contributed by atoms with van der Waals surface area (Å²) in [5.41, 5.74) is 0.910. The molecule has 10 nitrogen and oxygen atoms in total. The summed E-state index contributed by atoms with van der Waals surface area (Å²) in [5.74, 6) is 0.285. The van der Waals surface area contributed by atoms with Crippen LogP contribution in [-0.4, -0.2) is 58.1 Å². The third-order valence-electron chi connectivity index (χ3n) is 6.55. The van der Waals surface area contributed by atoms with Crippen LogP contribution in [0.25, 0.3) is 22.2 Å². The number of carbonyl (C=O) groups excluding carboxylic acids is 1. The molecule has 206 valence electrons. The van der Waals surface area contributed by atoms with Gasteiger partial charge in [0.25, 0.3) is 10.0 Å². The van der Waals surface area contributed by atoms with Crippen molar-refractivity contribution in [2.75, 3.05) is 18.4 Å². The number of nitriles is 1. The first-order valence-electron chi connectivity index (χ1n) is 13.0. The molecule has 1 saturated heterocycles. The van der Waals surface area contributed by atoms with Crippen LogP contribution >= 0.6 is 0 Å². The fraction of sp³-hybridized carbons (Fsp3) is 0.310. The molecule has 1 fully saturated rings. The molecule has 2 aromatic carbocycles. The Bertz CT molecular complexity index is 1700. The van der Waals surface area contributed by atoms with Crippen LogP contribution in [0, 0.1) is 11.3 Å². The van der Waals surface area contributed by atoms with Crippen LogP contribution in [0.4, 0.5) is 10.7 Å². The van der Waals surface area contributed by atoms with E-state index in [0.29, 0.717) is 35.2 Å². The molecule has 0 bridgehead atoms. The minimum atomic E-state index is -3.91. The lowest BCUT2D eigenvalue weighted by Crippen LogP contribution is -2.47. The van der Waals surface area contributed by atoms with Gasteiger partial charge in [-0.2, -0.15) is 5.26 Å². The van der Waals surface area contributed by atoms with E-state index in [1.807, 2.05) is 26.8 Å². The molecule has 4 aromatic rings. The highest BCUT2D eigenvalue weighted by Crippen LogP contribution is 2.34. The summed E-state index contributed by atoms with van der Waals surface area (Å²) in [4.78, 5) is 23.4. The summed E-state index contributed by atoms with van der Waals surface area (Å²) >= 11 is 0. The number of likely N-dealkylation sites (tertiary alicyclic amines) is 1. The summed E-state index contributed by atoms with van der Waals surface area (Å²) in [5, 5.41) is 13.8. The third kappa shape index (κ3) is 5.49. The maximum Gasteiger partial charge on any atom is 0.410 e. The van der Waals surface area contributed by atoms with Gasteiger partial charge in [0.05, 0.1) is 27.9 Å². The second kappa shape index (κ2) is 10.6. The van der Waals surface area contributed by atoms with E-state index in [-0.39, 0.29) is 28.5 Å². The van der Waals surface area contributed by atoms with Gasteiger partial charge in [0.15, 0.2) is 0 Å². The molecule has 0 saturated carbocycles. The highest BCUT2D eigenvalue weighted by atomic mass is 32.2. The normalized spacial score (nSPS) is 15.9. The van der Waals surface area contributed by atoms with Crippen LogP contribution in [0.1, 0.15) is 39.2 Å². The van der Waals surface area contributed by atoms with Gasteiger partial charge in [-0.25, -0.2) is 27.2 Å². The van der Waals surface area contributed by atoms with Gasteiger partial charge in [0.1, 0.15) is 11.7 Å². The minimum Gasteiger partial charge on any atom is -0.444 e. The zero-order valence-corrected chi connectivity index (χ0v) is 23.4. The van der Waals surface area contributed by atoms with Crippen LogP contribution in [-0.2, 0) is 14.8 Å². The molecule has 1 amide bonds. The maximum atomic E-state index is 13.6. The predicted molar refractivity (Wildman–Crippen MR) is 151 cm³/mol. The standard InChI is InChI=1S/C29H30N6O4S/c1-29(2,3)39-28(36)34-15-9-10-21(18-34)32-27-31-17-20(16-30)26(33-27)24-19-35(25-14-8-7-13-23(24)25)40(37,38)22-11-5-4-6-12-22/h4-8,11-14,17,19,21H,9-10,15,18H2,1-3H3,(H,31,32,33)/t21-/m0/s1. The average Bonchev–Trinajstić information content (AvgIpc) is 3.33. The number of hydrogen-bond acceptors (Lipinski definition) is 8. The monoisotopic (exact) mass is 558 g/mol. The Morgan fingerprint density at radius 3 is 2.58 bits per heavy atom. The van der Waals surface area contributed by atoms with Crippen LogP contribution in [0.3, 0.4) is 0 Å². The summed E-state index contributed by atoms with van der Waals surface area (Å²) in [6, 6.07) is 17.3. The Morgan fingerprint density at radius 2 is 1.85 bits per heavy atom. The molecular weight excluding hydrogens is 528 g/mol. The third-order valence-corrected chi connectivity index (χ3v) is 8.24. The van der Waals surface area contributed by atoms with Crippen molar-refractivity contribution in [1.82, 2.24) is 18.8 Å². The lowest BCUT2D eigenvalue weighted by Gasteiger charge is -2.34. The number of nitrogens with zero attached hydrogens (tertiary/aromatic N) is 5. The van der Waals surface area contributed by atoms with Crippen molar-refractivity contribution in [3.05, 3.63) is 72.6 Å². The number of rotatable bonds is 5. The lowest BCUT2D eigenvalue weighted by molar-refractivity contribution is 0.0206. The van der Waals surface area contributed by atoms with E-state index in [1.165, 1.54) is 16.4 Å². The maximum absolute atomic E-state index is 13.6. The molecule has 11 heteroatoms. The van der Waals surface area contributed by atoms with Crippen LogP contribution < -0.4 is 5.32 Å². The summed E-state index contributed by atoms with van der Waals surface area (Å²) in [7, 11) is -3.91. The highest BCUT2D eigenvalue weighted by Gasteiger charge is 2.29. The van der Waals surface area contributed by atoms with Gasteiger partial charge in [-0.1, -0.05) is 36.4 Å². The van der Waals surface area contributed by atoms with Gasteiger partial charge in [0.2, 0.25) is 5.95 Å². The molecule has 1 atom stereocenters. The zero-order chi connectivity index (χ0) is 28.5. The fourth-order valence-corrected chi connectivity index (χ4v) is 6.14. The topological polar surface area (TPSA) is 130 Å².